The number of thiazole rings is 1. The predicted molar refractivity (Wildman–Crippen MR) is 108 cm³/mol. The largest absolute Gasteiger partial charge is 0.505 e. The molecule has 30 heavy (non-hydrogen) atoms. The van der Waals surface area contributed by atoms with Crippen LogP contribution >= 0.6 is 11.3 Å². The summed E-state index contributed by atoms with van der Waals surface area (Å²) in [6.07, 6.45) is 0.662. The number of sulfonamides is 1. The van der Waals surface area contributed by atoms with Gasteiger partial charge >= 0.3 is 5.97 Å². The number of hydrogen-bond acceptors (Lipinski definition) is 8. The van der Waals surface area contributed by atoms with Crippen molar-refractivity contribution in [2.45, 2.75) is 24.7 Å². The maximum Gasteiger partial charge on any atom is 0.303 e. The standard InChI is InChI=1S/C18H17N3O7S2/c1-9-8-19-18(29-9)20-17(26)15-16(25)14-10(11(22)6-7-13(23)24)4-3-5-12(14)30(27,28)21(15)2/h3-5,8,25H,6-7H2,1-2H3,(H,23,24)(H,19,20,26). The number of rotatable bonds is 6. The van der Waals surface area contributed by atoms with Crippen LogP contribution in [-0.2, 0) is 19.6 Å². The molecule has 12 heteroatoms. The number of aliphatic hydroxyl groups is 1. The molecule has 1 amide bonds. The van der Waals surface area contributed by atoms with Gasteiger partial charge in [-0.2, -0.15) is 0 Å². The van der Waals surface area contributed by atoms with Gasteiger partial charge in [0, 0.05) is 30.1 Å². The number of aliphatic hydroxyl groups excluding tert-OH is 1. The number of aromatic nitrogens is 1. The van der Waals surface area contributed by atoms with Crippen LogP contribution in [0, 0.1) is 6.92 Å². The van der Waals surface area contributed by atoms with Crippen molar-refractivity contribution in [2.75, 3.05) is 12.4 Å². The highest BCUT2D eigenvalue weighted by atomic mass is 32.2. The lowest BCUT2D eigenvalue weighted by Crippen LogP contribution is -2.37. The van der Waals surface area contributed by atoms with Crippen LogP contribution in [0.4, 0.5) is 5.13 Å². The van der Waals surface area contributed by atoms with Crippen molar-refractivity contribution in [3.05, 3.63) is 46.1 Å². The minimum absolute atomic E-state index is 0.182. The molecule has 0 fully saturated rings. The van der Waals surface area contributed by atoms with Crippen LogP contribution in [0.25, 0.3) is 5.76 Å². The minimum Gasteiger partial charge on any atom is -0.505 e. The van der Waals surface area contributed by atoms with Gasteiger partial charge in [-0.15, -0.1) is 11.3 Å². The third kappa shape index (κ3) is 3.78. The second-order valence-electron chi connectivity index (χ2n) is 6.40. The summed E-state index contributed by atoms with van der Waals surface area (Å²) in [6.45, 7) is 1.77. The molecule has 1 aromatic carbocycles. The normalized spacial score (nSPS) is 14.9. The number of amides is 1. The summed E-state index contributed by atoms with van der Waals surface area (Å²) in [5, 5.41) is 22.3. The van der Waals surface area contributed by atoms with Gasteiger partial charge in [0.05, 0.1) is 16.9 Å². The Labute approximate surface area is 175 Å². The van der Waals surface area contributed by atoms with Gasteiger partial charge in [0.2, 0.25) is 0 Å². The van der Waals surface area contributed by atoms with Crippen molar-refractivity contribution in [1.29, 1.82) is 0 Å². The van der Waals surface area contributed by atoms with E-state index in [2.05, 4.69) is 10.3 Å². The number of likely N-dealkylation sites (N-methyl/N-ethyl adjacent to an activating group) is 1. The number of carbonyl (C=O) groups is 3. The maximum atomic E-state index is 12.9. The van der Waals surface area contributed by atoms with E-state index in [0.717, 1.165) is 23.3 Å². The molecule has 0 atom stereocenters. The molecule has 0 aliphatic carbocycles. The van der Waals surface area contributed by atoms with Crippen LogP contribution in [0.5, 0.6) is 0 Å². The van der Waals surface area contributed by atoms with Crippen LogP contribution in [0.1, 0.15) is 33.6 Å². The van der Waals surface area contributed by atoms with Crippen molar-refractivity contribution in [3.63, 3.8) is 0 Å². The zero-order valence-electron chi connectivity index (χ0n) is 15.9. The number of ketones is 1. The number of nitrogens with zero attached hydrogens (tertiary/aromatic N) is 2. The summed E-state index contributed by atoms with van der Waals surface area (Å²) in [4.78, 5) is 40.5. The lowest BCUT2D eigenvalue weighted by molar-refractivity contribution is -0.137. The first-order chi connectivity index (χ1) is 14.0. The van der Waals surface area contributed by atoms with E-state index in [1.54, 1.807) is 6.92 Å². The number of hydrogen-bond donors (Lipinski definition) is 3. The average Bonchev–Trinajstić information content (AvgIpc) is 3.08. The second kappa shape index (κ2) is 7.88. The molecule has 2 heterocycles. The van der Waals surface area contributed by atoms with E-state index in [1.165, 1.54) is 24.4 Å². The summed E-state index contributed by atoms with van der Waals surface area (Å²) in [6, 6.07) is 3.79. The SMILES string of the molecule is Cc1cnc(NC(=O)C2=C(O)c3c(C(=O)CCC(=O)O)cccc3S(=O)(=O)N2C)s1. The zero-order chi connectivity index (χ0) is 22.2. The third-order valence-electron chi connectivity index (χ3n) is 4.36. The van der Waals surface area contributed by atoms with Gasteiger partial charge in [0.15, 0.2) is 22.4 Å². The summed E-state index contributed by atoms with van der Waals surface area (Å²) in [5.41, 5.74) is -1.08. The fraction of sp³-hybridized carbons (Fsp3) is 0.222. The molecule has 3 N–H and O–H groups in total. The first kappa shape index (κ1) is 21.5. The zero-order valence-corrected chi connectivity index (χ0v) is 17.5. The first-order valence-corrected chi connectivity index (χ1v) is 10.8. The van der Waals surface area contributed by atoms with E-state index in [0.29, 0.717) is 4.31 Å². The van der Waals surface area contributed by atoms with Crippen molar-refractivity contribution >= 4 is 49.9 Å². The number of carbonyl (C=O) groups excluding carboxylic acids is 2. The summed E-state index contributed by atoms with van der Waals surface area (Å²) < 4.78 is 26.5. The number of Topliss-reactive ketones (excluding diaryl/α,β-unsaturated/α-hetero) is 1. The molecular weight excluding hydrogens is 434 g/mol. The summed E-state index contributed by atoms with van der Waals surface area (Å²) in [7, 11) is -3.15. The third-order valence-corrected chi connectivity index (χ3v) is 6.99. The van der Waals surface area contributed by atoms with Crippen LogP contribution in [0.15, 0.2) is 35.0 Å². The van der Waals surface area contributed by atoms with E-state index in [4.69, 9.17) is 5.11 Å². The fourth-order valence-corrected chi connectivity index (χ4v) is 5.01. The van der Waals surface area contributed by atoms with Gasteiger partial charge in [-0.1, -0.05) is 12.1 Å². The molecule has 10 nitrogen and oxygen atoms in total. The Balaban J connectivity index is 2.13. The minimum atomic E-state index is -4.25. The molecule has 1 aliphatic heterocycles. The van der Waals surface area contributed by atoms with Gasteiger partial charge in [0.25, 0.3) is 15.9 Å². The van der Waals surface area contributed by atoms with Gasteiger partial charge < -0.3 is 10.2 Å². The Morgan fingerprint density at radius 2 is 1.93 bits per heavy atom. The molecule has 2 aromatic rings. The Morgan fingerprint density at radius 1 is 1.23 bits per heavy atom. The number of carboxylic acid groups (broad SMARTS) is 1. The number of benzene rings is 1. The van der Waals surface area contributed by atoms with E-state index >= 15 is 0 Å². The number of carboxylic acids is 1. The lowest BCUT2D eigenvalue weighted by atomic mass is 9.98. The Hall–Kier alpha value is -3.25. The number of fused-ring (bicyclic) bond motifs is 1. The lowest BCUT2D eigenvalue weighted by Gasteiger charge is -2.29. The highest BCUT2D eigenvalue weighted by molar-refractivity contribution is 7.89. The topological polar surface area (TPSA) is 154 Å². The van der Waals surface area contributed by atoms with Gasteiger partial charge in [-0.25, -0.2) is 13.4 Å². The fourth-order valence-electron chi connectivity index (χ4n) is 2.93. The molecule has 0 bridgehead atoms. The molecule has 1 aromatic heterocycles. The molecule has 0 radical (unpaired) electrons. The summed E-state index contributed by atoms with van der Waals surface area (Å²) in [5.74, 6) is -3.49. The van der Waals surface area contributed by atoms with E-state index in [1.807, 2.05) is 0 Å². The van der Waals surface area contributed by atoms with Crippen LogP contribution in [0.3, 0.4) is 0 Å². The van der Waals surface area contributed by atoms with Gasteiger partial charge in [0.1, 0.15) is 0 Å². The van der Waals surface area contributed by atoms with Crippen LogP contribution in [0.2, 0.25) is 0 Å². The van der Waals surface area contributed by atoms with Gasteiger partial charge in [-0.05, 0) is 13.0 Å². The molecule has 1 aliphatic rings. The molecule has 158 valence electrons. The highest BCUT2D eigenvalue weighted by Gasteiger charge is 2.40. The Kier molecular flexibility index (Phi) is 5.63. The first-order valence-electron chi connectivity index (χ1n) is 8.58. The van der Waals surface area contributed by atoms with Crippen molar-refractivity contribution < 1.29 is 33.0 Å². The number of aliphatic carboxylic acids is 1. The van der Waals surface area contributed by atoms with Crippen LogP contribution < -0.4 is 5.32 Å². The predicted octanol–water partition coefficient (Wildman–Crippen LogP) is 2.00. The second-order valence-corrected chi connectivity index (χ2v) is 9.57. The van der Waals surface area contributed by atoms with Crippen molar-refractivity contribution in [2.24, 2.45) is 0 Å². The number of nitrogens with one attached hydrogen (secondary N) is 1. The van der Waals surface area contributed by atoms with E-state index in [-0.39, 0.29) is 21.2 Å². The van der Waals surface area contributed by atoms with Gasteiger partial charge in [-0.3, -0.25) is 24.0 Å². The maximum absolute atomic E-state index is 12.9. The summed E-state index contributed by atoms with van der Waals surface area (Å²) >= 11 is 1.16. The quantitative estimate of drug-likeness (QED) is 0.564. The van der Waals surface area contributed by atoms with E-state index in [9.17, 15) is 27.9 Å². The Bertz CT molecular complexity index is 1200. The highest BCUT2D eigenvalue weighted by Crippen LogP contribution is 2.37. The average molecular weight is 451 g/mol. The molecule has 3 rings (SSSR count). The molecule has 0 unspecified atom stereocenters. The monoisotopic (exact) mass is 451 g/mol. The Morgan fingerprint density at radius 3 is 2.53 bits per heavy atom. The molecular formula is C18H17N3O7S2. The molecule has 0 saturated carbocycles. The number of aryl methyl sites for hydroxylation is 1. The van der Waals surface area contributed by atoms with Crippen LogP contribution in [-0.4, -0.2) is 52.6 Å². The van der Waals surface area contributed by atoms with E-state index < -0.39 is 52.0 Å². The van der Waals surface area contributed by atoms with Crippen molar-refractivity contribution in [3.8, 4) is 0 Å². The number of anilines is 1. The van der Waals surface area contributed by atoms with Crippen molar-refractivity contribution in [1.82, 2.24) is 9.29 Å². The smallest absolute Gasteiger partial charge is 0.303 e. The molecule has 0 saturated heterocycles. The molecule has 0 spiro atoms.